The maximum atomic E-state index is 6.34. The summed E-state index contributed by atoms with van der Waals surface area (Å²) in [5, 5.41) is 3.39. The van der Waals surface area contributed by atoms with Gasteiger partial charge in [0.2, 0.25) is 0 Å². The Balaban J connectivity index is 2.06. The molecular formula is C15H14N2S. The van der Waals surface area contributed by atoms with E-state index in [1.165, 1.54) is 15.6 Å². The summed E-state index contributed by atoms with van der Waals surface area (Å²) in [6.45, 7) is 1.98. The van der Waals surface area contributed by atoms with Crippen LogP contribution in [0.2, 0.25) is 0 Å². The largest absolute Gasteiger partial charge is 0.320 e. The van der Waals surface area contributed by atoms with Crippen LogP contribution < -0.4 is 5.73 Å². The van der Waals surface area contributed by atoms with Gasteiger partial charge in [0.15, 0.2) is 0 Å². The first-order chi connectivity index (χ1) is 8.75. The number of hydrogen-bond acceptors (Lipinski definition) is 3. The molecule has 0 bridgehead atoms. The first-order valence-electron chi connectivity index (χ1n) is 5.90. The zero-order valence-electron chi connectivity index (χ0n) is 10.1. The molecule has 2 N–H and O–H groups in total. The Morgan fingerprint density at radius 1 is 1.17 bits per heavy atom. The molecule has 0 amide bonds. The average Bonchev–Trinajstić information content (AvgIpc) is 2.82. The van der Waals surface area contributed by atoms with Crippen LogP contribution in [-0.4, -0.2) is 4.98 Å². The van der Waals surface area contributed by atoms with Crippen molar-refractivity contribution in [3.63, 3.8) is 0 Å². The molecule has 0 fully saturated rings. The molecule has 3 rings (SSSR count). The number of benzene rings is 1. The van der Waals surface area contributed by atoms with E-state index in [2.05, 4.69) is 40.7 Å². The van der Waals surface area contributed by atoms with E-state index in [4.69, 9.17) is 5.73 Å². The van der Waals surface area contributed by atoms with Crippen molar-refractivity contribution < 1.29 is 0 Å². The van der Waals surface area contributed by atoms with Crippen LogP contribution in [-0.2, 0) is 0 Å². The van der Waals surface area contributed by atoms with Gasteiger partial charge in [0, 0.05) is 16.6 Å². The van der Waals surface area contributed by atoms with Gasteiger partial charge < -0.3 is 5.73 Å². The van der Waals surface area contributed by atoms with E-state index in [1.807, 2.05) is 19.2 Å². The smallest absolute Gasteiger partial charge is 0.0581 e. The number of nitrogens with zero attached hydrogens (tertiary/aromatic N) is 1. The summed E-state index contributed by atoms with van der Waals surface area (Å²) in [5.41, 5.74) is 9.60. The van der Waals surface area contributed by atoms with Gasteiger partial charge >= 0.3 is 0 Å². The third-order valence-corrected chi connectivity index (χ3v) is 4.12. The van der Waals surface area contributed by atoms with Crippen molar-refractivity contribution >= 4 is 21.4 Å². The van der Waals surface area contributed by atoms with Crippen LogP contribution in [0.4, 0.5) is 0 Å². The Bertz CT molecular complexity index is 670. The van der Waals surface area contributed by atoms with Crippen LogP contribution in [0.3, 0.4) is 0 Å². The van der Waals surface area contributed by atoms with Gasteiger partial charge in [-0.15, -0.1) is 11.3 Å². The van der Waals surface area contributed by atoms with E-state index < -0.39 is 0 Å². The van der Waals surface area contributed by atoms with Gasteiger partial charge in [-0.05, 0) is 40.9 Å². The van der Waals surface area contributed by atoms with Crippen LogP contribution in [0, 0.1) is 6.92 Å². The molecule has 0 aliphatic heterocycles. The summed E-state index contributed by atoms with van der Waals surface area (Å²) in [6, 6.07) is 12.3. The van der Waals surface area contributed by atoms with Gasteiger partial charge in [-0.25, -0.2) is 0 Å². The van der Waals surface area contributed by atoms with E-state index in [-0.39, 0.29) is 6.04 Å². The third kappa shape index (κ3) is 1.92. The molecule has 0 saturated carbocycles. The topological polar surface area (TPSA) is 38.9 Å². The lowest BCUT2D eigenvalue weighted by Gasteiger charge is -2.11. The number of thiophene rings is 1. The summed E-state index contributed by atoms with van der Waals surface area (Å²) in [4.78, 5) is 4.31. The molecule has 0 radical (unpaired) electrons. The van der Waals surface area contributed by atoms with Gasteiger partial charge in [-0.1, -0.05) is 24.3 Å². The Morgan fingerprint density at radius 2 is 2.00 bits per heavy atom. The molecule has 3 aromatic rings. The molecule has 90 valence electrons. The molecule has 1 aromatic carbocycles. The number of aryl methyl sites for hydroxylation is 1. The summed E-state index contributed by atoms with van der Waals surface area (Å²) in [7, 11) is 0. The van der Waals surface area contributed by atoms with Gasteiger partial charge in [-0.2, -0.15) is 0 Å². The number of pyridine rings is 1. The first kappa shape index (κ1) is 11.4. The van der Waals surface area contributed by atoms with Crippen molar-refractivity contribution in [1.29, 1.82) is 0 Å². The summed E-state index contributed by atoms with van der Waals surface area (Å²) >= 11 is 1.74. The fourth-order valence-corrected chi connectivity index (χ4v) is 3.08. The van der Waals surface area contributed by atoms with Crippen LogP contribution in [0.5, 0.6) is 0 Å². The Morgan fingerprint density at radius 3 is 2.78 bits per heavy atom. The van der Waals surface area contributed by atoms with Crippen molar-refractivity contribution in [3.05, 3.63) is 64.8 Å². The maximum Gasteiger partial charge on any atom is 0.0581 e. The highest BCUT2D eigenvalue weighted by Gasteiger charge is 2.13. The van der Waals surface area contributed by atoms with Crippen LogP contribution in [0.15, 0.2) is 48.0 Å². The lowest BCUT2D eigenvalue weighted by molar-refractivity contribution is 0.872. The molecule has 0 saturated heterocycles. The Kier molecular flexibility index (Phi) is 2.86. The van der Waals surface area contributed by atoms with Crippen molar-refractivity contribution in [2.75, 3.05) is 0 Å². The highest BCUT2D eigenvalue weighted by atomic mass is 32.1. The zero-order chi connectivity index (χ0) is 12.5. The molecule has 0 aliphatic rings. The summed E-state index contributed by atoms with van der Waals surface area (Å²) in [5.74, 6) is 0. The first-order valence-corrected chi connectivity index (χ1v) is 6.78. The minimum absolute atomic E-state index is 0.103. The number of nitrogens with two attached hydrogens (primary N) is 1. The van der Waals surface area contributed by atoms with E-state index in [0.29, 0.717) is 0 Å². The van der Waals surface area contributed by atoms with Gasteiger partial charge in [-0.3, -0.25) is 4.98 Å². The fourth-order valence-electron chi connectivity index (χ4n) is 2.08. The molecule has 2 nitrogen and oxygen atoms in total. The standard InChI is InChI=1S/C15H14N2S/c1-10-6-7-11(8-17-10)15(16)13-9-18-14-5-3-2-4-12(13)14/h2-9,15H,16H2,1H3. The highest BCUT2D eigenvalue weighted by molar-refractivity contribution is 7.17. The molecule has 2 aromatic heterocycles. The molecule has 1 atom stereocenters. The van der Waals surface area contributed by atoms with Crippen LogP contribution in [0.25, 0.3) is 10.1 Å². The summed E-state index contributed by atoms with van der Waals surface area (Å²) in [6.07, 6.45) is 1.87. The Labute approximate surface area is 110 Å². The van der Waals surface area contributed by atoms with Gasteiger partial charge in [0.1, 0.15) is 0 Å². The van der Waals surface area contributed by atoms with Crippen molar-refractivity contribution in [1.82, 2.24) is 4.98 Å². The minimum Gasteiger partial charge on any atom is -0.320 e. The minimum atomic E-state index is -0.103. The third-order valence-electron chi connectivity index (χ3n) is 3.14. The molecule has 18 heavy (non-hydrogen) atoms. The predicted octanol–water partition coefficient (Wildman–Crippen LogP) is 3.65. The van der Waals surface area contributed by atoms with E-state index >= 15 is 0 Å². The predicted molar refractivity (Wildman–Crippen MR) is 76.8 cm³/mol. The monoisotopic (exact) mass is 254 g/mol. The number of rotatable bonds is 2. The van der Waals surface area contributed by atoms with E-state index in [0.717, 1.165) is 11.3 Å². The fraction of sp³-hybridized carbons (Fsp3) is 0.133. The average molecular weight is 254 g/mol. The second kappa shape index (κ2) is 4.52. The second-order valence-corrected chi connectivity index (χ2v) is 5.31. The number of fused-ring (bicyclic) bond motifs is 1. The normalized spacial score (nSPS) is 12.8. The van der Waals surface area contributed by atoms with Crippen LogP contribution in [0.1, 0.15) is 22.9 Å². The molecule has 2 heterocycles. The SMILES string of the molecule is Cc1ccc(C(N)c2csc3ccccc23)cn1. The quantitative estimate of drug-likeness (QED) is 0.758. The lowest BCUT2D eigenvalue weighted by atomic mass is 10.0. The lowest BCUT2D eigenvalue weighted by Crippen LogP contribution is -2.11. The van der Waals surface area contributed by atoms with Crippen molar-refractivity contribution in [2.45, 2.75) is 13.0 Å². The van der Waals surface area contributed by atoms with Crippen molar-refractivity contribution in [3.8, 4) is 0 Å². The highest BCUT2D eigenvalue weighted by Crippen LogP contribution is 2.31. The van der Waals surface area contributed by atoms with Crippen LogP contribution >= 0.6 is 11.3 Å². The number of aromatic nitrogens is 1. The molecule has 0 aliphatic carbocycles. The molecule has 3 heteroatoms. The molecule has 0 spiro atoms. The van der Waals surface area contributed by atoms with Gasteiger partial charge in [0.05, 0.1) is 6.04 Å². The maximum absolute atomic E-state index is 6.34. The Hall–Kier alpha value is -1.71. The second-order valence-electron chi connectivity index (χ2n) is 4.40. The summed E-state index contributed by atoms with van der Waals surface area (Å²) < 4.78 is 1.28. The zero-order valence-corrected chi connectivity index (χ0v) is 10.9. The van der Waals surface area contributed by atoms with E-state index in [9.17, 15) is 0 Å². The molecular weight excluding hydrogens is 240 g/mol. The van der Waals surface area contributed by atoms with E-state index in [1.54, 1.807) is 11.3 Å². The van der Waals surface area contributed by atoms with Crippen molar-refractivity contribution in [2.24, 2.45) is 5.73 Å². The molecule has 1 unspecified atom stereocenters. The number of hydrogen-bond donors (Lipinski definition) is 1. The van der Waals surface area contributed by atoms with Gasteiger partial charge in [0.25, 0.3) is 0 Å².